The maximum Gasteiger partial charge on any atom is 4.00 e. The van der Waals surface area contributed by atoms with Crippen molar-refractivity contribution in [2.75, 3.05) is 0 Å². The van der Waals surface area contributed by atoms with Gasteiger partial charge in [0.1, 0.15) is 0 Å². The molecule has 0 N–H and O–H groups in total. The molecule has 210 valence electrons. The largest absolute Gasteiger partial charge is 4.00 e. The van der Waals surface area contributed by atoms with Gasteiger partial charge in [-0.1, -0.05) is 96.7 Å². The van der Waals surface area contributed by atoms with Crippen molar-refractivity contribution >= 4 is 56.0 Å². The first-order valence-electron chi connectivity index (χ1n) is 13.2. The fourth-order valence-electron chi connectivity index (χ4n) is 4.95. The van der Waals surface area contributed by atoms with E-state index in [1.807, 2.05) is 34.4 Å². The zero-order valence-electron chi connectivity index (χ0n) is 23.6. The van der Waals surface area contributed by atoms with E-state index in [9.17, 15) is 0 Å². The van der Waals surface area contributed by atoms with Gasteiger partial charge in [0, 0.05) is 10.8 Å². The van der Waals surface area contributed by atoms with Crippen LogP contribution in [0.15, 0.2) is 131 Å². The van der Waals surface area contributed by atoms with Crippen LogP contribution in [0.5, 0.6) is 0 Å². The van der Waals surface area contributed by atoms with Crippen molar-refractivity contribution in [3.63, 3.8) is 0 Å². The number of halogens is 2. The standard InChI is InChI=1S/2C14H11S.C8H8S.2ClH.Zr/c2*1-10-6-7-14(15-10)13-8-11-4-2-3-5-12(11)9-13;1-6-5-7-3-2-4-8(7)9-6;;;/h2*2-9H,1H3;2-5,7H,1H3;2*1H;/q2*-1;;;;+4/p-2. The topological polar surface area (TPSA) is 0 Å². The molecule has 1 aliphatic carbocycles. The van der Waals surface area contributed by atoms with Crippen molar-refractivity contribution in [3.05, 3.63) is 141 Å². The molecule has 0 saturated carbocycles. The Morgan fingerprint density at radius 3 is 1.57 bits per heavy atom. The molecule has 0 amide bonds. The summed E-state index contributed by atoms with van der Waals surface area (Å²) >= 11 is 5.61. The van der Waals surface area contributed by atoms with Crippen LogP contribution in [0.1, 0.15) is 16.7 Å². The van der Waals surface area contributed by atoms with E-state index in [1.165, 1.54) is 62.0 Å². The van der Waals surface area contributed by atoms with Gasteiger partial charge in [-0.05, 0) is 45.2 Å². The van der Waals surface area contributed by atoms with E-state index in [4.69, 9.17) is 0 Å². The quantitative estimate of drug-likeness (QED) is 0.201. The van der Waals surface area contributed by atoms with Gasteiger partial charge >= 0.3 is 26.2 Å². The first kappa shape index (κ1) is 34.6. The number of hydrogen-bond donors (Lipinski definition) is 0. The predicted molar refractivity (Wildman–Crippen MR) is 177 cm³/mol. The molecule has 2 aromatic heterocycles. The Bertz CT molecular complexity index is 1670. The average Bonchev–Trinajstić information content (AvgIpc) is 3.75. The van der Waals surface area contributed by atoms with Crippen molar-refractivity contribution in [2.45, 2.75) is 20.8 Å². The summed E-state index contributed by atoms with van der Waals surface area (Å²) in [5, 5.41) is 5.33. The van der Waals surface area contributed by atoms with Gasteiger partial charge < -0.3 is 24.8 Å². The molecule has 8 rings (SSSR count). The molecular formula is C36H30Cl2S3Zr. The maximum absolute atomic E-state index is 2.31. The SMILES string of the molecule is CC1=CC2C=CC=C2S1.Cc1ccc(-c2cc3ccccc3[cH-]2)s1.Cc1ccc(-c2cc3ccccc3[cH-]2)s1.[Cl-].[Cl-].[Zr+4]. The third-order valence-electron chi connectivity index (χ3n) is 6.89. The molecule has 0 fully saturated rings. The van der Waals surface area contributed by atoms with Gasteiger partial charge in [-0.25, -0.2) is 0 Å². The first-order chi connectivity index (χ1) is 19.0. The molecule has 42 heavy (non-hydrogen) atoms. The summed E-state index contributed by atoms with van der Waals surface area (Å²) in [7, 11) is 0. The molecule has 1 atom stereocenters. The Balaban J connectivity index is 0.000000172. The van der Waals surface area contributed by atoms with Gasteiger partial charge in [-0.2, -0.15) is 22.7 Å². The number of hydrogen-bond acceptors (Lipinski definition) is 3. The van der Waals surface area contributed by atoms with Crippen LogP contribution in [0, 0.1) is 19.8 Å². The normalized spacial score (nSPS) is 14.3. The molecule has 0 saturated heterocycles. The Morgan fingerprint density at radius 2 is 1.14 bits per heavy atom. The zero-order chi connectivity index (χ0) is 26.8. The molecule has 2 aliphatic rings. The summed E-state index contributed by atoms with van der Waals surface area (Å²) in [6.45, 7) is 6.46. The molecule has 0 bridgehead atoms. The second kappa shape index (κ2) is 15.7. The summed E-state index contributed by atoms with van der Waals surface area (Å²) in [4.78, 5) is 8.40. The maximum atomic E-state index is 2.31. The molecule has 6 aromatic rings. The molecule has 6 heteroatoms. The van der Waals surface area contributed by atoms with Crippen molar-refractivity contribution in [3.8, 4) is 20.9 Å². The number of rotatable bonds is 2. The summed E-state index contributed by atoms with van der Waals surface area (Å²) in [6, 6.07) is 34.8. The average molecular weight is 721 g/mol. The van der Waals surface area contributed by atoms with Crippen molar-refractivity contribution in [1.82, 2.24) is 0 Å². The summed E-state index contributed by atoms with van der Waals surface area (Å²) in [6.07, 6.45) is 8.87. The van der Waals surface area contributed by atoms with Crippen molar-refractivity contribution in [2.24, 2.45) is 5.92 Å². The Morgan fingerprint density at radius 1 is 0.643 bits per heavy atom. The van der Waals surface area contributed by atoms with Gasteiger partial charge in [0.2, 0.25) is 0 Å². The number of aryl methyl sites for hydroxylation is 2. The van der Waals surface area contributed by atoms with Crippen LogP contribution in [0.4, 0.5) is 0 Å². The first-order valence-corrected chi connectivity index (χ1v) is 15.7. The third-order valence-corrected chi connectivity index (χ3v) is 10.1. The number of fused-ring (bicyclic) bond motifs is 3. The molecular weight excluding hydrogens is 691 g/mol. The van der Waals surface area contributed by atoms with Crippen LogP contribution < -0.4 is 24.8 Å². The molecule has 0 nitrogen and oxygen atoms in total. The van der Waals surface area contributed by atoms with Crippen LogP contribution in [-0.4, -0.2) is 0 Å². The van der Waals surface area contributed by atoms with E-state index >= 15 is 0 Å². The Kier molecular flexibility index (Phi) is 12.9. The van der Waals surface area contributed by atoms with Crippen molar-refractivity contribution < 1.29 is 51.0 Å². The predicted octanol–water partition coefficient (Wildman–Crippen LogP) is 5.90. The van der Waals surface area contributed by atoms with E-state index in [0.717, 1.165) is 0 Å². The second-order valence-electron chi connectivity index (χ2n) is 9.93. The smallest absolute Gasteiger partial charge is 1.00 e. The Labute approximate surface area is 292 Å². The number of thioether (sulfide) groups is 1. The molecule has 0 spiro atoms. The molecule has 4 aromatic carbocycles. The summed E-state index contributed by atoms with van der Waals surface area (Å²) in [5.74, 6) is 0.634. The minimum atomic E-state index is 0. The summed E-state index contributed by atoms with van der Waals surface area (Å²) in [5.41, 5.74) is 2.68. The monoisotopic (exact) mass is 718 g/mol. The molecule has 3 heterocycles. The van der Waals surface area contributed by atoms with E-state index in [2.05, 4.69) is 142 Å². The molecule has 0 radical (unpaired) electrons. The van der Waals surface area contributed by atoms with E-state index in [-0.39, 0.29) is 51.0 Å². The van der Waals surface area contributed by atoms with Crippen LogP contribution in [0.3, 0.4) is 0 Å². The fourth-order valence-corrected chi connectivity index (χ4v) is 7.68. The Hall–Kier alpha value is -1.91. The van der Waals surface area contributed by atoms with Gasteiger partial charge in [-0.3, -0.25) is 0 Å². The molecule has 1 unspecified atom stereocenters. The van der Waals surface area contributed by atoms with Gasteiger partial charge in [-0.15, -0.1) is 69.1 Å². The van der Waals surface area contributed by atoms with E-state index < -0.39 is 0 Å². The van der Waals surface area contributed by atoms with Crippen LogP contribution in [0.25, 0.3) is 42.4 Å². The third kappa shape index (κ3) is 8.17. The van der Waals surface area contributed by atoms with Gasteiger partial charge in [0.15, 0.2) is 0 Å². The van der Waals surface area contributed by atoms with Gasteiger partial charge in [0.25, 0.3) is 0 Å². The van der Waals surface area contributed by atoms with Crippen LogP contribution in [-0.2, 0) is 26.2 Å². The molecule has 1 aliphatic heterocycles. The fraction of sp³-hybridized carbons (Fsp3) is 0.111. The number of allylic oxidation sites excluding steroid dienone is 6. The van der Waals surface area contributed by atoms with Gasteiger partial charge in [0.05, 0.1) is 0 Å². The summed E-state index contributed by atoms with van der Waals surface area (Å²) < 4.78 is 0. The van der Waals surface area contributed by atoms with Crippen molar-refractivity contribution in [1.29, 1.82) is 0 Å². The second-order valence-corrected chi connectivity index (χ2v) is 13.8. The number of thiophene rings is 2. The minimum absolute atomic E-state index is 0. The van der Waals surface area contributed by atoms with Crippen LogP contribution >= 0.6 is 34.4 Å². The minimum Gasteiger partial charge on any atom is -1.00 e. The van der Waals surface area contributed by atoms with Crippen LogP contribution in [0.2, 0.25) is 0 Å². The van der Waals surface area contributed by atoms with E-state index in [1.54, 1.807) is 0 Å². The van der Waals surface area contributed by atoms with E-state index in [0.29, 0.717) is 5.92 Å². The zero-order valence-corrected chi connectivity index (χ0v) is 30.0. The number of benzene rings is 2.